The summed E-state index contributed by atoms with van der Waals surface area (Å²) in [5.74, 6) is 0.949. The smallest absolute Gasteiger partial charge is 0.276 e. The fourth-order valence-corrected chi connectivity index (χ4v) is 5.06. The summed E-state index contributed by atoms with van der Waals surface area (Å²) in [6.07, 6.45) is 3.34. The van der Waals surface area contributed by atoms with Crippen molar-refractivity contribution in [3.8, 4) is 0 Å². The lowest BCUT2D eigenvalue weighted by Gasteiger charge is -2.32. The van der Waals surface area contributed by atoms with Crippen molar-refractivity contribution in [2.45, 2.75) is 66.0 Å². The topological polar surface area (TPSA) is 90.8 Å². The van der Waals surface area contributed by atoms with Crippen LogP contribution in [0, 0.1) is 17.3 Å². The molecule has 166 valence electrons. The van der Waals surface area contributed by atoms with Crippen molar-refractivity contribution in [1.29, 1.82) is 0 Å². The van der Waals surface area contributed by atoms with Crippen LogP contribution in [0.2, 0.25) is 0 Å². The molecule has 2 amide bonds. The molecule has 2 aromatic rings. The average Bonchev–Trinajstić information content (AvgIpc) is 3.11. The van der Waals surface area contributed by atoms with E-state index < -0.39 is 5.41 Å². The summed E-state index contributed by atoms with van der Waals surface area (Å²) in [4.78, 5) is 47.3. The first-order chi connectivity index (χ1) is 14.6. The van der Waals surface area contributed by atoms with Crippen molar-refractivity contribution in [3.05, 3.63) is 33.4 Å². The molecular formula is C23H31N5O3. The van der Waals surface area contributed by atoms with Gasteiger partial charge in [0.1, 0.15) is 0 Å². The predicted octanol–water partition coefficient (Wildman–Crippen LogP) is 2.27. The number of rotatable bonds is 2. The van der Waals surface area contributed by atoms with Crippen LogP contribution in [-0.2, 0) is 22.6 Å². The minimum Gasteiger partial charge on any atom is -0.336 e. The third kappa shape index (κ3) is 3.36. The van der Waals surface area contributed by atoms with Gasteiger partial charge in [-0.05, 0) is 31.6 Å². The van der Waals surface area contributed by atoms with Crippen LogP contribution in [0.4, 0.5) is 0 Å². The van der Waals surface area contributed by atoms with Gasteiger partial charge >= 0.3 is 0 Å². The molecule has 0 unspecified atom stereocenters. The summed E-state index contributed by atoms with van der Waals surface area (Å²) in [5, 5.41) is 3.24. The highest BCUT2D eigenvalue weighted by atomic mass is 16.2. The minimum absolute atomic E-state index is 0.0302. The van der Waals surface area contributed by atoms with Crippen LogP contribution in [0.1, 0.15) is 70.0 Å². The summed E-state index contributed by atoms with van der Waals surface area (Å²) in [5.41, 5.74) is 2.23. The van der Waals surface area contributed by atoms with Crippen LogP contribution in [0.25, 0.3) is 5.65 Å². The van der Waals surface area contributed by atoms with Gasteiger partial charge < -0.3 is 9.80 Å². The summed E-state index contributed by atoms with van der Waals surface area (Å²) >= 11 is 0. The van der Waals surface area contributed by atoms with Crippen molar-refractivity contribution in [3.63, 3.8) is 0 Å². The van der Waals surface area contributed by atoms with Gasteiger partial charge in [-0.15, -0.1) is 0 Å². The molecule has 0 bridgehead atoms. The van der Waals surface area contributed by atoms with Crippen LogP contribution < -0.4 is 5.56 Å². The van der Waals surface area contributed by atoms with E-state index in [0.717, 1.165) is 31.5 Å². The van der Waals surface area contributed by atoms with Gasteiger partial charge in [0.25, 0.3) is 5.56 Å². The Morgan fingerprint density at radius 1 is 1.23 bits per heavy atom. The number of hydrogen-bond acceptors (Lipinski definition) is 4. The number of amides is 2. The Morgan fingerprint density at radius 3 is 2.65 bits per heavy atom. The standard InChI is InChI=1S/C23H31N5O3/c1-13-10-15(13)20(29)27-8-5-6-18(27)16-11-19-24-17-12-26(22(31)23(2,3)4)9-7-14(17)21(30)28(19)25-16/h11,13,15,18,25H,5-10,12H2,1-4H3/t13-,15-,18+/m0/s1. The van der Waals surface area contributed by atoms with Crippen molar-refractivity contribution in [2.75, 3.05) is 13.1 Å². The summed E-state index contributed by atoms with van der Waals surface area (Å²) < 4.78 is 1.51. The largest absolute Gasteiger partial charge is 0.336 e. The molecule has 1 saturated heterocycles. The lowest BCUT2D eigenvalue weighted by Crippen LogP contribution is -2.44. The summed E-state index contributed by atoms with van der Waals surface area (Å²) in [6.45, 7) is 9.52. The second-order valence-corrected chi connectivity index (χ2v) is 10.5. The van der Waals surface area contributed by atoms with E-state index in [0.29, 0.717) is 42.3 Å². The highest BCUT2D eigenvalue weighted by molar-refractivity contribution is 5.82. The number of aromatic nitrogens is 3. The number of nitrogens with one attached hydrogen (secondary N) is 1. The zero-order valence-corrected chi connectivity index (χ0v) is 18.8. The molecule has 8 nitrogen and oxygen atoms in total. The fraction of sp³-hybridized carbons (Fsp3) is 0.652. The van der Waals surface area contributed by atoms with Gasteiger partial charge in [0, 0.05) is 36.1 Å². The second-order valence-electron chi connectivity index (χ2n) is 10.5. The maximum absolute atomic E-state index is 13.2. The molecule has 1 saturated carbocycles. The Morgan fingerprint density at radius 2 is 1.97 bits per heavy atom. The van der Waals surface area contributed by atoms with Gasteiger partial charge in [0.05, 0.1) is 24.0 Å². The Kier molecular flexibility index (Phi) is 4.53. The number of likely N-dealkylation sites (tertiary alicyclic amines) is 1. The zero-order chi connectivity index (χ0) is 22.1. The van der Waals surface area contributed by atoms with E-state index in [9.17, 15) is 14.4 Å². The molecule has 3 aliphatic rings. The monoisotopic (exact) mass is 425 g/mol. The van der Waals surface area contributed by atoms with E-state index in [1.165, 1.54) is 4.52 Å². The Bertz CT molecular complexity index is 1120. The number of H-pyrrole nitrogens is 1. The summed E-state index contributed by atoms with van der Waals surface area (Å²) in [6, 6.07) is 1.87. The number of fused-ring (bicyclic) bond motifs is 2. The van der Waals surface area contributed by atoms with E-state index in [-0.39, 0.29) is 29.3 Å². The molecule has 31 heavy (non-hydrogen) atoms. The van der Waals surface area contributed by atoms with Gasteiger partial charge in [0.15, 0.2) is 5.65 Å². The maximum Gasteiger partial charge on any atom is 0.276 e. The minimum atomic E-state index is -0.463. The SMILES string of the molecule is C[C@H]1C[C@@H]1C(=O)N1CCC[C@@H]1c1cc2nc3c(c(=O)n2[nH]1)CCN(C(=O)C(C)(C)C)C3. The van der Waals surface area contributed by atoms with E-state index in [4.69, 9.17) is 4.98 Å². The highest BCUT2D eigenvalue weighted by Crippen LogP contribution is 2.43. The quantitative estimate of drug-likeness (QED) is 0.799. The molecule has 1 aliphatic carbocycles. The fourth-order valence-electron chi connectivity index (χ4n) is 5.06. The lowest BCUT2D eigenvalue weighted by atomic mass is 9.93. The van der Waals surface area contributed by atoms with E-state index in [2.05, 4.69) is 12.0 Å². The average molecular weight is 426 g/mol. The third-order valence-electron chi connectivity index (χ3n) is 7.04. The second kappa shape index (κ2) is 6.93. The highest BCUT2D eigenvalue weighted by Gasteiger charge is 2.44. The molecule has 0 radical (unpaired) electrons. The van der Waals surface area contributed by atoms with Crippen molar-refractivity contribution >= 4 is 17.5 Å². The molecule has 8 heteroatoms. The molecule has 2 aromatic heterocycles. The van der Waals surface area contributed by atoms with Crippen molar-refractivity contribution in [2.24, 2.45) is 17.3 Å². The number of hydrogen-bond donors (Lipinski definition) is 1. The molecule has 2 aliphatic heterocycles. The lowest BCUT2D eigenvalue weighted by molar-refractivity contribution is -0.140. The van der Waals surface area contributed by atoms with Gasteiger partial charge in [0.2, 0.25) is 11.8 Å². The number of nitrogens with zero attached hydrogens (tertiary/aromatic N) is 4. The van der Waals surface area contributed by atoms with Crippen LogP contribution >= 0.6 is 0 Å². The van der Waals surface area contributed by atoms with Crippen molar-refractivity contribution in [1.82, 2.24) is 24.4 Å². The molecule has 5 rings (SSSR count). The van der Waals surface area contributed by atoms with Gasteiger partial charge in [-0.25, -0.2) is 9.50 Å². The molecule has 2 fully saturated rings. The maximum atomic E-state index is 13.2. The van der Waals surface area contributed by atoms with Crippen LogP contribution in [0.5, 0.6) is 0 Å². The third-order valence-corrected chi connectivity index (χ3v) is 7.04. The Hall–Kier alpha value is -2.64. The van der Waals surface area contributed by atoms with Gasteiger partial charge in [-0.3, -0.25) is 19.5 Å². The zero-order valence-electron chi connectivity index (χ0n) is 18.8. The molecular weight excluding hydrogens is 394 g/mol. The Labute approximate surface area is 181 Å². The van der Waals surface area contributed by atoms with Crippen LogP contribution in [0.3, 0.4) is 0 Å². The molecule has 3 atom stereocenters. The van der Waals surface area contributed by atoms with Gasteiger partial charge in [-0.1, -0.05) is 27.7 Å². The first-order valence-electron chi connectivity index (χ1n) is 11.4. The number of aromatic amines is 1. The molecule has 1 N–H and O–H groups in total. The normalized spacial score (nSPS) is 25.7. The predicted molar refractivity (Wildman–Crippen MR) is 115 cm³/mol. The molecule has 0 spiro atoms. The van der Waals surface area contributed by atoms with E-state index in [1.54, 1.807) is 4.90 Å². The van der Waals surface area contributed by atoms with Gasteiger partial charge in [-0.2, -0.15) is 0 Å². The Balaban J connectivity index is 1.46. The number of carbonyl (C=O) groups is 2. The number of carbonyl (C=O) groups excluding carboxylic acids is 2. The molecule has 0 aromatic carbocycles. The van der Waals surface area contributed by atoms with Crippen molar-refractivity contribution < 1.29 is 9.59 Å². The first kappa shape index (κ1) is 20.3. The van der Waals surface area contributed by atoms with Crippen LogP contribution in [0.15, 0.2) is 10.9 Å². The van der Waals surface area contributed by atoms with E-state index in [1.807, 2.05) is 31.7 Å². The van der Waals surface area contributed by atoms with E-state index >= 15 is 0 Å². The summed E-state index contributed by atoms with van der Waals surface area (Å²) in [7, 11) is 0. The first-order valence-corrected chi connectivity index (χ1v) is 11.4. The molecule has 4 heterocycles. The van der Waals surface area contributed by atoms with Crippen LogP contribution in [-0.4, -0.2) is 49.3 Å².